The number of hydrogen-bond donors (Lipinski definition) is 0. The molecular formula is C40H51F5O5. The highest BCUT2D eigenvalue weighted by molar-refractivity contribution is 5.91. The van der Waals surface area contributed by atoms with Gasteiger partial charge in [0.15, 0.2) is 12.3 Å². The van der Waals surface area contributed by atoms with Crippen LogP contribution < -0.4 is 4.74 Å². The van der Waals surface area contributed by atoms with Crippen molar-refractivity contribution in [2.45, 2.75) is 134 Å². The maximum absolute atomic E-state index is 16.0. The van der Waals surface area contributed by atoms with Gasteiger partial charge in [0.05, 0.1) is 5.56 Å². The number of ether oxygens (including phenoxy) is 3. The van der Waals surface area contributed by atoms with Crippen LogP contribution in [0.15, 0.2) is 66.8 Å². The first kappa shape index (κ1) is 40.9. The Morgan fingerprint density at radius 3 is 2.00 bits per heavy atom. The summed E-state index contributed by atoms with van der Waals surface area (Å²) in [7, 11) is 0. The van der Waals surface area contributed by atoms with Gasteiger partial charge >= 0.3 is 18.1 Å². The molecule has 50 heavy (non-hydrogen) atoms. The molecule has 5 nitrogen and oxygen atoms in total. The van der Waals surface area contributed by atoms with Gasteiger partial charge in [-0.15, -0.1) is 0 Å². The fraction of sp³-hybridized carbons (Fsp3) is 0.550. The summed E-state index contributed by atoms with van der Waals surface area (Å²) in [5.41, 5.74) is -1.64. The highest BCUT2D eigenvalue weighted by atomic mass is 19.4. The van der Waals surface area contributed by atoms with Crippen LogP contribution in [0.5, 0.6) is 5.75 Å². The lowest BCUT2D eigenvalue weighted by Crippen LogP contribution is -2.51. The minimum atomic E-state index is -4.82. The first-order valence-corrected chi connectivity index (χ1v) is 18.1. The normalized spacial score (nSPS) is 18.1. The van der Waals surface area contributed by atoms with E-state index in [9.17, 15) is 22.8 Å². The van der Waals surface area contributed by atoms with Gasteiger partial charge in [-0.1, -0.05) is 127 Å². The molecule has 0 N–H and O–H groups in total. The molecule has 2 aromatic rings. The zero-order chi connectivity index (χ0) is 36.4. The highest BCUT2D eigenvalue weighted by Gasteiger charge is 2.48. The molecule has 0 radical (unpaired) electrons. The van der Waals surface area contributed by atoms with Crippen molar-refractivity contribution >= 4 is 17.5 Å². The van der Waals surface area contributed by atoms with Crippen LogP contribution in [0.2, 0.25) is 0 Å². The molecule has 3 rings (SSSR count). The smallest absolute Gasteiger partial charge is 0.425 e. The summed E-state index contributed by atoms with van der Waals surface area (Å²) in [5, 5.41) is 0. The van der Waals surface area contributed by atoms with Gasteiger partial charge < -0.3 is 14.2 Å². The number of esters is 2. The second-order valence-electron chi connectivity index (χ2n) is 12.9. The maximum Gasteiger partial charge on any atom is 0.425 e. The number of alkyl halides is 4. The molecule has 3 unspecified atom stereocenters. The van der Waals surface area contributed by atoms with Gasteiger partial charge in [0.25, 0.3) is 0 Å². The summed E-state index contributed by atoms with van der Waals surface area (Å²) in [6.45, 7) is 4.26. The van der Waals surface area contributed by atoms with Gasteiger partial charge in [-0.25, -0.2) is 18.4 Å². The van der Waals surface area contributed by atoms with Crippen LogP contribution in [0.4, 0.5) is 22.0 Å². The zero-order valence-electron chi connectivity index (χ0n) is 29.3. The number of hydrogen-bond acceptors (Lipinski definition) is 5. The molecule has 0 heterocycles. The SMILES string of the molecule is CCCCCCCCCCOC1(C(=O)Oc2ccc(C(=O)OC(CCCCCCCC)C(F)(F)F)c(F)c2)C=CC(c2ccccc2)=CC1F. The predicted octanol–water partition coefficient (Wildman–Crippen LogP) is 11.5. The van der Waals surface area contributed by atoms with E-state index in [1.165, 1.54) is 25.0 Å². The van der Waals surface area contributed by atoms with E-state index in [4.69, 9.17) is 14.2 Å². The van der Waals surface area contributed by atoms with Crippen LogP contribution in [0.25, 0.3) is 5.57 Å². The second kappa shape index (κ2) is 21.0. The van der Waals surface area contributed by atoms with Crippen molar-refractivity contribution in [1.82, 2.24) is 0 Å². The van der Waals surface area contributed by atoms with E-state index >= 15 is 8.78 Å². The van der Waals surface area contributed by atoms with Crippen LogP contribution in [-0.4, -0.2) is 42.6 Å². The van der Waals surface area contributed by atoms with Gasteiger partial charge in [-0.3, -0.25) is 0 Å². The summed E-state index contributed by atoms with van der Waals surface area (Å²) in [6.07, 6.45) is 7.16. The summed E-state index contributed by atoms with van der Waals surface area (Å²) in [4.78, 5) is 26.2. The Balaban J connectivity index is 1.69. The third kappa shape index (κ3) is 12.7. The number of carbonyl (C=O) groups is 2. The van der Waals surface area contributed by atoms with Crippen LogP contribution in [0.1, 0.15) is 126 Å². The Hall–Kier alpha value is -3.53. The Morgan fingerprint density at radius 2 is 1.42 bits per heavy atom. The average Bonchev–Trinajstić information content (AvgIpc) is 3.09. The monoisotopic (exact) mass is 706 g/mol. The molecule has 0 saturated carbocycles. The lowest BCUT2D eigenvalue weighted by Gasteiger charge is -2.33. The molecule has 10 heteroatoms. The molecule has 276 valence electrons. The third-order valence-electron chi connectivity index (χ3n) is 8.82. The van der Waals surface area contributed by atoms with Crippen molar-refractivity contribution in [3.8, 4) is 5.75 Å². The van der Waals surface area contributed by atoms with Gasteiger partial charge in [0.1, 0.15) is 11.6 Å². The van der Waals surface area contributed by atoms with E-state index in [2.05, 4.69) is 6.92 Å². The maximum atomic E-state index is 16.0. The lowest BCUT2D eigenvalue weighted by molar-refractivity contribution is -0.206. The van der Waals surface area contributed by atoms with Crippen molar-refractivity contribution in [3.05, 3.63) is 83.7 Å². The van der Waals surface area contributed by atoms with E-state index in [0.717, 1.165) is 75.5 Å². The number of benzene rings is 2. The van der Waals surface area contributed by atoms with E-state index < -0.39 is 53.8 Å². The largest absolute Gasteiger partial charge is 0.449 e. The van der Waals surface area contributed by atoms with Crippen LogP contribution in [0, 0.1) is 5.82 Å². The average molecular weight is 707 g/mol. The van der Waals surface area contributed by atoms with Crippen molar-refractivity contribution < 1.29 is 45.8 Å². The Labute approximate surface area is 293 Å². The van der Waals surface area contributed by atoms with Gasteiger partial charge in [0, 0.05) is 12.7 Å². The topological polar surface area (TPSA) is 61.8 Å². The fourth-order valence-corrected chi connectivity index (χ4v) is 5.81. The molecule has 0 amide bonds. The zero-order valence-corrected chi connectivity index (χ0v) is 29.3. The molecular weight excluding hydrogens is 655 g/mol. The number of allylic oxidation sites excluding steroid dienone is 2. The first-order valence-electron chi connectivity index (χ1n) is 18.1. The quantitative estimate of drug-likeness (QED) is 0.0528. The minimum absolute atomic E-state index is 0.0710. The first-order chi connectivity index (χ1) is 24.0. The van der Waals surface area contributed by atoms with E-state index in [1.54, 1.807) is 30.3 Å². The highest BCUT2D eigenvalue weighted by Crippen LogP contribution is 2.35. The van der Waals surface area contributed by atoms with Crippen LogP contribution in [-0.2, 0) is 14.3 Å². The second-order valence-corrected chi connectivity index (χ2v) is 12.9. The molecule has 0 aliphatic heterocycles. The van der Waals surface area contributed by atoms with Crippen molar-refractivity contribution in [2.24, 2.45) is 0 Å². The minimum Gasteiger partial charge on any atom is -0.449 e. The number of rotatable bonds is 22. The molecule has 2 aromatic carbocycles. The molecule has 0 saturated heterocycles. The fourth-order valence-electron chi connectivity index (χ4n) is 5.81. The Bertz CT molecular complexity index is 1390. The Kier molecular flexibility index (Phi) is 17.2. The van der Waals surface area contributed by atoms with Gasteiger partial charge in [-0.05, 0) is 54.7 Å². The predicted molar refractivity (Wildman–Crippen MR) is 185 cm³/mol. The molecule has 1 aliphatic carbocycles. The number of carbonyl (C=O) groups excluding carboxylic acids is 2. The van der Waals surface area contributed by atoms with Gasteiger partial charge in [0.2, 0.25) is 5.60 Å². The summed E-state index contributed by atoms with van der Waals surface area (Å²) in [5.74, 6) is -4.26. The molecule has 3 atom stereocenters. The summed E-state index contributed by atoms with van der Waals surface area (Å²) in [6, 6.07) is 11.6. The molecule has 0 fully saturated rings. The van der Waals surface area contributed by atoms with Crippen molar-refractivity contribution in [3.63, 3.8) is 0 Å². The van der Waals surface area contributed by atoms with E-state index in [1.807, 2.05) is 13.0 Å². The number of halogens is 5. The number of unbranched alkanes of at least 4 members (excludes halogenated alkanes) is 12. The third-order valence-corrected chi connectivity index (χ3v) is 8.82. The van der Waals surface area contributed by atoms with Crippen molar-refractivity contribution in [1.29, 1.82) is 0 Å². The summed E-state index contributed by atoms with van der Waals surface area (Å²) >= 11 is 0. The van der Waals surface area contributed by atoms with Crippen LogP contribution >= 0.6 is 0 Å². The molecule has 1 aliphatic rings. The van der Waals surface area contributed by atoms with Gasteiger partial charge in [-0.2, -0.15) is 13.2 Å². The van der Waals surface area contributed by atoms with Crippen molar-refractivity contribution in [2.75, 3.05) is 6.61 Å². The standard InChI is InChI=1S/C40H51F5O5/c1-3-5-7-9-11-12-14-19-27-48-39(26-25-31(28-35(39)42)30-20-16-15-17-21-30)38(47)49-32-23-24-33(34(41)29-32)37(46)50-36(40(43,44)45)22-18-13-10-8-6-4-2/h15-17,20-21,23-26,28-29,35-36H,3-14,18-19,22,27H2,1-2H3. The molecule has 0 bridgehead atoms. The molecule has 0 aromatic heterocycles. The lowest BCUT2D eigenvalue weighted by atomic mass is 9.87. The molecule has 0 spiro atoms. The van der Waals surface area contributed by atoms with Crippen LogP contribution in [0.3, 0.4) is 0 Å². The van der Waals surface area contributed by atoms with E-state index in [0.29, 0.717) is 24.5 Å². The van der Waals surface area contributed by atoms with E-state index in [-0.39, 0.29) is 18.8 Å². The summed E-state index contributed by atoms with van der Waals surface area (Å²) < 4.78 is 88.0. The Morgan fingerprint density at radius 1 is 0.820 bits per heavy atom.